The van der Waals surface area contributed by atoms with Crippen LogP contribution >= 0.6 is 0 Å². The molecule has 2 heterocycles. The van der Waals surface area contributed by atoms with Gasteiger partial charge >= 0.3 is 0 Å². The Morgan fingerprint density at radius 2 is 0.844 bits per heavy atom. The fourth-order valence-corrected chi connectivity index (χ4v) is 4.38. The normalized spacial score (nSPS) is 12.9. The van der Waals surface area contributed by atoms with Crippen LogP contribution in [0.25, 0.3) is 43.6 Å². The molecule has 4 heteroatoms. The number of aromatic amines is 2. The summed E-state index contributed by atoms with van der Waals surface area (Å²) in [5.74, 6) is 0. The Bertz CT molecular complexity index is 1550. The molecule has 0 aliphatic heterocycles. The lowest BCUT2D eigenvalue weighted by Crippen LogP contribution is -2.14. The van der Waals surface area contributed by atoms with Crippen molar-refractivity contribution >= 4 is 43.6 Å². The van der Waals surface area contributed by atoms with Crippen molar-refractivity contribution in [1.29, 1.82) is 0 Å². The lowest BCUT2D eigenvalue weighted by atomic mass is 9.86. The molecule has 4 nitrogen and oxygen atoms in total. The second kappa shape index (κ2) is 6.55. The highest BCUT2D eigenvalue weighted by atomic mass is 16.1. The summed E-state index contributed by atoms with van der Waals surface area (Å²) in [5, 5.41) is 2.50. The fraction of sp³-hybridized carbons (Fsp3) is 0.286. The van der Waals surface area contributed by atoms with E-state index < -0.39 is 0 Å². The first-order valence-corrected chi connectivity index (χ1v) is 11.0. The fourth-order valence-electron chi connectivity index (χ4n) is 4.38. The van der Waals surface area contributed by atoms with Gasteiger partial charge in [0.15, 0.2) is 10.9 Å². The van der Waals surface area contributed by atoms with Crippen LogP contribution in [-0.2, 0) is 10.8 Å². The highest BCUT2D eigenvalue weighted by Crippen LogP contribution is 2.28. The predicted molar refractivity (Wildman–Crippen MR) is 135 cm³/mol. The molecule has 0 spiro atoms. The van der Waals surface area contributed by atoms with E-state index in [1.54, 1.807) is 0 Å². The van der Waals surface area contributed by atoms with E-state index in [0.717, 1.165) is 22.2 Å². The van der Waals surface area contributed by atoms with Crippen LogP contribution in [0.3, 0.4) is 0 Å². The molecule has 32 heavy (non-hydrogen) atoms. The zero-order chi connectivity index (χ0) is 23.0. The third-order valence-corrected chi connectivity index (χ3v) is 6.45. The van der Waals surface area contributed by atoms with Gasteiger partial charge in [-0.2, -0.15) is 0 Å². The minimum atomic E-state index is -0.0466. The molecule has 5 rings (SSSR count). The molecule has 0 radical (unpaired) electrons. The average Bonchev–Trinajstić information content (AvgIpc) is 2.71. The Balaban J connectivity index is 1.85. The number of aromatic nitrogens is 2. The van der Waals surface area contributed by atoms with Crippen LogP contribution in [0.1, 0.15) is 52.7 Å². The Morgan fingerprint density at radius 1 is 0.500 bits per heavy atom. The highest BCUT2D eigenvalue weighted by molar-refractivity contribution is 6.02. The Labute approximate surface area is 186 Å². The molecule has 0 unspecified atom stereocenters. The predicted octanol–water partition coefficient (Wildman–Crippen LogP) is 6.27. The van der Waals surface area contributed by atoms with E-state index in [-0.39, 0.29) is 21.7 Å². The molecule has 0 bridgehead atoms. The van der Waals surface area contributed by atoms with Gasteiger partial charge in [0.2, 0.25) is 0 Å². The smallest absolute Gasteiger partial charge is 0.197 e. The number of rotatable bonds is 0. The van der Waals surface area contributed by atoms with Crippen LogP contribution in [0.15, 0.2) is 58.1 Å². The van der Waals surface area contributed by atoms with Crippen molar-refractivity contribution in [2.45, 2.75) is 52.4 Å². The summed E-state index contributed by atoms with van der Waals surface area (Å²) in [7, 11) is 0. The number of H-pyrrole nitrogens is 2. The van der Waals surface area contributed by atoms with Crippen molar-refractivity contribution in [1.82, 2.24) is 9.97 Å². The maximum atomic E-state index is 13.4. The summed E-state index contributed by atoms with van der Waals surface area (Å²) in [6.07, 6.45) is 0. The van der Waals surface area contributed by atoms with Gasteiger partial charge in [-0.1, -0.05) is 53.7 Å². The summed E-state index contributed by atoms with van der Waals surface area (Å²) < 4.78 is 0. The number of hydrogen-bond acceptors (Lipinski definition) is 2. The number of fused-ring (bicyclic) bond motifs is 4. The molecule has 2 aromatic heterocycles. The largest absolute Gasteiger partial charge is 0.354 e. The first-order valence-electron chi connectivity index (χ1n) is 11.0. The summed E-state index contributed by atoms with van der Waals surface area (Å²) >= 11 is 0. The molecule has 0 amide bonds. The maximum Gasteiger partial charge on any atom is 0.197 e. The van der Waals surface area contributed by atoms with Crippen LogP contribution in [0, 0.1) is 0 Å². The van der Waals surface area contributed by atoms with Gasteiger partial charge in [-0.15, -0.1) is 0 Å². The molecule has 162 valence electrons. The van der Waals surface area contributed by atoms with Crippen molar-refractivity contribution in [3.8, 4) is 0 Å². The van der Waals surface area contributed by atoms with Crippen molar-refractivity contribution in [3.63, 3.8) is 0 Å². The number of hydrogen-bond donors (Lipinski definition) is 2. The standard InChI is InChI=1S/C28H28N2O2/c1-27(2,3)15-7-9-21-17(11-15)25(31)19-13-24-20(14-23(19)29-21)26(32)18-12-16(28(4,5)6)8-10-22(18)30-24/h7-14H,1-6H3,(H,29,31)(H,30,32). The van der Waals surface area contributed by atoms with Crippen LogP contribution in [0.5, 0.6) is 0 Å². The summed E-state index contributed by atoms with van der Waals surface area (Å²) in [4.78, 5) is 33.6. The van der Waals surface area contributed by atoms with Gasteiger partial charge in [0.05, 0.1) is 11.0 Å². The molecule has 2 N–H and O–H groups in total. The van der Waals surface area contributed by atoms with E-state index >= 15 is 0 Å². The van der Waals surface area contributed by atoms with Gasteiger partial charge < -0.3 is 9.97 Å². The van der Waals surface area contributed by atoms with Crippen molar-refractivity contribution in [2.75, 3.05) is 0 Å². The maximum absolute atomic E-state index is 13.4. The van der Waals surface area contributed by atoms with Gasteiger partial charge in [0.25, 0.3) is 0 Å². The third kappa shape index (κ3) is 3.13. The molecular weight excluding hydrogens is 396 g/mol. The minimum Gasteiger partial charge on any atom is -0.354 e. The zero-order valence-corrected chi connectivity index (χ0v) is 19.4. The van der Waals surface area contributed by atoms with E-state index in [1.807, 2.05) is 36.4 Å². The van der Waals surface area contributed by atoms with Gasteiger partial charge in [0, 0.05) is 32.6 Å². The first kappa shape index (κ1) is 20.5. The molecular formula is C28H28N2O2. The minimum absolute atomic E-state index is 0.0224. The molecule has 0 saturated heterocycles. The monoisotopic (exact) mass is 424 g/mol. The second-order valence-electron chi connectivity index (χ2n) is 10.9. The van der Waals surface area contributed by atoms with Gasteiger partial charge in [-0.3, -0.25) is 9.59 Å². The van der Waals surface area contributed by atoms with Crippen LogP contribution < -0.4 is 10.9 Å². The Hall–Kier alpha value is -3.40. The van der Waals surface area contributed by atoms with Crippen molar-refractivity contribution < 1.29 is 0 Å². The first-order chi connectivity index (χ1) is 14.9. The summed E-state index contributed by atoms with van der Waals surface area (Å²) in [6, 6.07) is 15.6. The van der Waals surface area contributed by atoms with Crippen LogP contribution in [0.2, 0.25) is 0 Å². The van der Waals surface area contributed by atoms with E-state index in [4.69, 9.17) is 0 Å². The number of benzene rings is 3. The van der Waals surface area contributed by atoms with E-state index in [2.05, 4.69) is 63.6 Å². The summed E-state index contributed by atoms with van der Waals surface area (Å²) in [5.41, 5.74) is 5.00. The number of pyridine rings is 2. The quantitative estimate of drug-likeness (QED) is 0.288. The van der Waals surface area contributed by atoms with Crippen molar-refractivity contribution in [3.05, 3.63) is 80.1 Å². The van der Waals surface area contributed by atoms with E-state index in [9.17, 15) is 9.59 Å². The Morgan fingerprint density at radius 3 is 1.19 bits per heavy atom. The average molecular weight is 425 g/mol. The third-order valence-electron chi connectivity index (χ3n) is 6.45. The molecule has 0 fully saturated rings. The van der Waals surface area contributed by atoms with E-state index in [1.165, 1.54) is 0 Å². The molecule has 0 aliphatic carbocycles. The lowest BCUT2D eigenvalue weighted by molar-refractivity contribution is 0.591. The molecule has 0 aliphatic rings. The Kier molecular flexibility index (Phi) is 4.20. The van der Waals surface area contributed by atoms with Crippen molar-refractivity contribution in [2.24, 2.45) is 0 Å². The molecule has 5 aromatic rings. The summed E-state index contributed by atoms with van der Waals surface area (Å²) in [6.45, 7) is 12.8. The zero-order valence-electron chi connectivity index (χ0n) is 19.4. The van der Waals surface area contributed by atoms with Crippen LogP contribution in [0.4, 0.5) is 0 Å². The second-order valence-corrected chi connectivity index (χ2v) is 10.9. The highest BCUT2D eigenvalue weighted by Gasteiger charge is 2.18. The van der Waals surface area contributed by atoms with Gasteiger partial charge in [0.1, 0.15) is 0 Å². The molecule has 3 aromatic carbocycles. The molecule has 0 saturated carbocycles. The topological polar surface area (TPSA) is 65.7 Å². The number of nitrogens with one attached hydrogen (secondary N) is 2. The van der Waals surface area contributed by atoms with Gasteiger partial charge in [-0.25, -0.2) is 0 Å². The van der Waals surface area contributed by atoms with E-state index in [0.29, 0.717) is 32.6 Å². The SMILES string of the molecule is CC(C)(C)c1ccc2[nH]c3cc4c(=O)c5cc(C(C)(C)C)ccc5[nH]c4cc3c(=O)c2c1. The van der Waals surface area contributed by atoms with Gasteiger partial charge in [-0.05, 0) is 58.4 Å². The van der Waals surface area contributed by atoms with Crippen LogP contribution in [-0.4, -0.2) is 9.97 Å². The molecule has 0 atom stereocenters. The lowest BCUT2D eigenvalue weighted by Gasteiger charge is -2.19.